The third-order valence-corrected chi connectivity index (χ3v) is 7.03. The molecule has 1 aliphatic heterocycles. The maximum absolute atomic E-state index is 12.9. The zero-order chi connectivity index (χ0) is 20.3. The fraction of sp³-hybridized carbons (Fsp3) is 0.409. The molecule has 1 atom stereocenters. The molecule has 28 heavy (non-hydrogen) atoms. The first-order chi connectivity index (χ1) is 13.2. The van der Waals surface area contributed by atoms with Gasteiger partial charge in [0.15, 0.2) is 16.4 Å². The molecule has 0 radical (unpaired) electrons. The van der Waals surface area contributed by atoms with Crippen molar-refractivity contribution in [3.8, 4) is 5.75 Å². The van der Waals surface area contributed by atoms with Crippen molar-refractivity contribution in [1.82, 2.24) is 4.90 Å². The first-order valence-electron chi connectivity index (χ1n) is 9.49. The van der Waals surface area contributed by atoms with Crippen LogP contribution < -0.4 is 4.74 Å². The minimum absolute atomic E-state index is 0.0221. The number of carbonyl (C=O) groups is 1. The molecule has 0 bridgehead atoms. The number of aryl methyl sites for hydroxylation is 3. The molecule has 2 aromatic carbocycles. The molecule has 1 aliphatic rings. The number of ether oxygens (including phenoxy) is 1. The van der Waals surface area contributed by atoms with E-state index >= 15 is 0 Å². The molecule has 150 valence electrons. The highest BCUT2D eigenvalue weighted by Gasteiger charge is 2.34. The van der Waals surface area contributed by atoms with Crippen molar-refractivity contribution in [2.24, 2.45) is 0 Å². The quantitative estimate of drug-likeness (QED) is 0.746. The molecule has 1 fully saturated rings. The Hall–Kier alpha value is -2.34. The van der Waals surface area contributed by atoms with Crippen molar-refractivity contribution in [3.63, 3.8) is 0 Å². The van der Waals surface area contributed by atoms with Gasteiger partial charge in [0.05, 0.1) is 11.5 Å². The van der Waals surface area contributed by atoms with Gasteiger partial charge in [0.2, 0.25) is 0 Å². The minimum atomic E-state index is -3.09. The molecule has 1 amide bonds. The van der Waals surface area contributed by atoms with E-state index in [-0.39, 0.29) is 30.1 Å². The zero-order valence-corrected chi connectivity index (χ0v) is 17.5. The molecule has 0 spiro atoms. The van der Waals surface area contributed by atoms with Crippen LogP contribution in [0.5, 0.6) is 5.75 Å². The average Bonchev–Trinajstić information content (AvgIpc) is 3.01. The van der Waals surface area contributed by atoms with E-state index < -0.39 is 9.84 Å². The Kier molecular flexibility index (Phi) is 6.08. The summed E-state index contributed by atoms with van der Waals surface area (Å²) in [5, 5.41) is 0. The van der Waals surface area contributed by atoms with Crippen molar-refractivity contribution in [2.45, 2.75) is 39.8 Å². The molecule has 0 saturated carbocycles. The van der Waals surface area contributed by atoms with Crippen LogP contribution in [0, 0.1) is 20.8 Å². The van der Waals surface area contributed by atoms with Gasteiger partial charge in [-0.25, -0.2) is 8.42 Å². The van der Waals surface area contributed by atoms with E-state index in [0.717, 1.165) is 22.3 Å². The van der Waals surface area contributed by atoms with E-state index in [1.54, 1.807) is 4.90 Å². The number of hydrogen-bond acceptors (Lipinski definition) is 4. The highest BCUT2D eigenvalue weighted by Crippen LogP contribution is 2.22. The molecular formula is C22H27NO4S. The van der Waals surface area contributed by atoms with Crippen LogP contribution in [0.4, 0.5) is 0 Å². The van der Waals surface area contributed by atoms with Crippen LogP contribution >= 0.6 is 0 Å². The Morgan fingerprint density at radius 3 is 2.39 bits per heavy atom. The van der Waals surface area contributed by atoms with Gasteiger partial charge in [-0.2, -0.15) is 0 Å². The molecule has 1 heterocycles. The van der Waals surface area contributed by atoms with Crippen LogP contribution in [0.3, 0.4) is 0 Å². The highest BCUT2D eigenvalue weighted by molar-refractivity contribution is 7.91. The number of rotatable bonds is 6. The first-order valence-corrected chi connectivity index (χ1v) is 11.3. The molecule has 0 aromatic heterocycles. The lowest BCUT2D eigenvalue weighted by molar-refractivity contribution is -0.136. The predicted molar refractivity (Wildman–Crippen MR) is 110 cm³/mol. The minimum Gasteiger partial charge on any atom is -0.484 e. The summed E-state index contributed by atoms with van der Waals surface area (Å²) in [6, 6.07) is 13.4. The number of hydrogen-bond donors (Lipinski definition) is 0. The number of nitrogens with zero attached hydrogens (tertiary/aromatic N) is 1. The van der Waals surface area contributed by atoms with E-state index in [2.05, 4.69) is 0 Å². The van der Waals surface area contributed by atoms with Crippen molar-refractivity contribution in [1.29, 1.82) is 0 Å². The maximum Gasteiger partial charge on any atom is 0.261 e. The van der Waals surface area contributed by atoms with Crippen molar-refractivity contribution >= 4 is 15.7 Å². The second-order valence-corrected chi connectivity index (χ2v) is 9.83. The van der Waals surface area contributed by atoms with Gasteiger partial charge in [-0.3, -0.25) is 4.79 Å². The van der Waals surface area contributed by atoms with Gasteiger partial charge in [0.1, 0.15) is 5.75 Å². The standard InChI is InChI=1S/C22H27NO4S/c1-16-4-7-19(8-5-16)13-23(20-10-11-28(25,26)15-20)22(24)14-27-21-9-6-17(2)18(3)12-21/h4-9,12,20H,10-11,13-15H2,1-3H3/t20-/m1/s1. The average molecular weight is 402 g/mol. The summed E-state index contributed by atoms with van der Waals surface area (Å²) < 4.78 is 29.6. The Labute approximate surface area is 167 Å². The van der Waals surface area contributed by atoms with Crippen LogP contribution in [0.25, 0.3) is 0 Å². The van der Waals surface area contributed by atoms with Crippen molar-refractivity contribution in [3.05, 3.63) is 64.7 Å². The molecule has 0 aliphatic carbocycles. The van der Waals surface area contributed by atoms with E-state index in [4.69, 9.17) is 4.74 Å². The van der Waals surface area contributed by atoms with Crippen LogP contribution in [0.1, 0.15) is 28.7 Å². The number of amides is 1. The van der Waals surface area contributed by atoms with E-state index in [0.29, 0.717) is 18.7 Å². The molecule has 2 aromatic rings. The second kappa shape index (κ2) is 8.35. The number of benzene rings is 2. The zero-order valence-electron chi connectivity index (χ0n) is 16.6. The Balaban J connectivity index is 1.73. The van der Waals surface area contributed by atoms with Crippen LogP contribution in [0.15, 0.2) is 42.5 Å². The largest absolute Gasteiger partial charge is 0.484 e. The lowest BCUT2D eigenvalue weighted by atomic mass is 10.1. The van der Waals surface area contributed by atoms with Crippen LogP contribution in [0.2, 0.25) is 0 Å². The summed E-state index contributed by atoms with van der Waals surface area (Å²) in [6.07, 6.45) is 0.476. The summed E-state index contributed by atoms with van der Waals surface area (Å²) in [6.45, 7) is 6.30. The van der Waals surface area contributed by atoms with Crippen molar-refractivity contribution < 1.29 is 17.9 Å². The molecule has 6 heteroatoms. The van der Waals surface area contributed by atoms with Gasteiger partial charge in [-0.05, 0) is 56.0 Å². The normalized spacial score (nSPS) is 18.0. The van der Waals surface area contributed by atoms with Gasteiger partial charge in [0.25, 0.3) is 5.91 Å². The van der Waals surface area contributed by atoms with Gasteiger partial charge in [-0.1, -0.05) is 35.9 Å². The monoisotopic (exact) mass is 401 g/mol. The smallest absolute Gasteiger partial charge is 0.261 e. The predicted octanol–water partition coefficient (Wildman–Crippen LogP) is 3.21. The van der Waals surface area contributed by atoms with Crippen LogP contribution in [-0.4, -0.2) is 43.4 Å². The fourth-order valence-corrected chi connectivity index (χ4v) is 5.09. The van der Waals surface area contributed by atoms with Gasteiger partial charge in [-0.15, -0.1) is 0 Å². The molecule has 3 rings (SSSR count). The van der Waals surface area contributed by atoms with Gasteiger partial charge in [0, 0.05) is 12.6 Å². The third kappa shape index (κ3) is 5.13. The highest BCUT2D eigenvalue weighted by atomic mass is 32.2. The Bertz CT molecular complexity index is 951. The van der Waals surface area contributed by atoms with E-state index in [1.807, 2.05) is 63.2 Å². The molecule has 0 N–H and O–H groups in total. The number of sulfone groups is 1. The van der Waals surface area contributed by atoms with Crippen LogP contribution in [-0.2, 0) is 21.2 Å². The lowest BCUT2D eigenvalue weighted by Gasteiger charge is -2.28. The molecule has 0 unspecified atom stereocenters. The third-order valence-electron chi connectivity index (χ3n) is 5.28. The van der Waals surface area contributed by atoms with Gasteiger partial charge >= 0.3 is 0 Å². The summed E-state index contributed by atoms with van der Waals surface area (Å²) in [7, 11) is -3.09. The summed E-state index contributed by atoms with van der Waals surface area (Å²) in [5.41, 5.74) is 4.39. The Morgan fingerprint density at radius 2 is 1.79 bits per heavy atom. The molecular weight excluding hydrogens is 374 g/mol. The summed E-state index contributed by atoms with van der Waals surface area (Å²) in [4.78, 5) is 14.6. The van der Waals surface area contributed by atoms with Crippen molar-refractivity contribution in [2.75, 3.05) is 18.1 Å². The van der Waals surface area contributed by atoms with E-state index in [9.17, 15) is 13.2 Å². The molecule has 5 nitrogen and oxygen atoms in total. The lowest BCUT2D eigenvalue weighted by Crippen LogP contribution is -2.43. The van der Waals surface area contributed by atoms with Gasteiger partial charge < -0.3 is 9.64 Å². The summed E-state index contributed by atoms with van der Waals surface area (Å²) in [5.74, 6) is 0.605. The topological polar surface area (TPSA) is 63.7 Å². The summed E-state index contributed by atoms with van der Waals surface area (Å²) >= 11 is 0. The fourth-order valence-electron chi connectivity index (χ4n) is 3.36. The first kappa shape index (κ1) is 20.4. The maximum atomic E-state index is 12.9. The van der Waals surface area contributed by atoms with E-state index in [1.165, 1.54) is 0 Å². The number of carbonyl (C=O) groups excluding carboxylic acids is 1. The second-order valence-electron chi connectivity index (χ2n) is 7.60. The SMILES string of the molecule is Cc1ccc(CN(C(=O)COc2ccc(C)c(C)c2)[C@@H]2CCS(=O)(=O)C2)cc1. The molecule has 1 saturated heterocycles. The Morgan fingerprint density at radius 1 is 1.07 bits per heavy atom.